The van der Waals surface area contributed by atoms with Gasteiger partial charge in [-0.3, -0.25) is 4.57 Å². The Morgan fingerprint density at radius 2 is 1.07 bits per heavy atom. The molecule has 0 saturated carbocycles. The molecule has 250 valence electrons. The normalized spacial score (nSPS) is 13.3. The monoisotopic (exact) mass is 684 g/mol. The lowest BCUT2D eigenvalue weighted by atomic mass is 9.70. The fourth-order valence-corrected chi connectivity index (χ4v) is 9.72. The van der Waals surface area contributed by atoms with E-state index in [1.807, 2.05) is 0 Å². The average Bonchev–Trinajstić information content (AvgIpc) is 3.87. The van der Waals surface area contributed by atoms with Crippen molar-refractivity contribution in [3.63, 3.8) is 0 Å². The van der Waals surface area contributed by atoms with Gasteiger partial charge >= 0.3 is 0 Å². The van der Waals surface area contributed by atoms with Gasteiger partial charge in [0.25, 0.3) is 0 Å². The van der Waals surface area contributed by atoms with E-state index in [9.17, 15) is 0 Å². The number of hydrogen-bond acceptors (Lipinski definition) is 1. The maximum atomic E-state index is 5.10. The predicted octanol–water partition coefficient (Wildman–Crippen LogP) is 13.0. The largest absolute Gasteiger partial charge is 0.292 e. The van der Waals surface area contributed by atoms with Crippen LogP contribution in [0.25, 0.3) is 83.0 Å². The minimum atomic E-state index is -0.400. The van der Waals surface area contributed by atoms with Crippen LogP contribution in [0.2, 0.25) is 0 Å². The maximum absolute atomic E-state index is 5.10. The number of rotatable bonds is 3. The van der Waals surface area contributed by atoms with Crippen LogP contribution in [0.1, 0.15) is 22.3 Å². The molecule has 1 aromatic heterocycles. The van der Waals surface area contributed by atoms with E-state index in [1.165, 1.54) is 77.2 Å². The van der Waals surface area contributed by atoms with Gasteiger partial charge in [0.2, 0.25) is 0 Å². The van der Waals surface area contributed by atoms with Gasteiger partial charge in [0, 0.05) is 11.3 Å². The number of fused-ring (bicyclic) bond motifs is 14. The van der Waals surface area contributed by atoms with E-state index in [0.717, 1.165) is 28.1 Å². The molecule has 2 aliphatic carbocycles. The van der Waals surface area contributed by atoms with Crippen molar-refractivity contribution in [3.05, 3.63) is 216 Å². The zero-order valence-corrected chi connectivity index (χ0v) is 29.4. The summed E-state index contributed by atoms with van der Waals surface area (Å²) >= 11 is 0. The molecule has 0 amide bonds. The topological polar surface area (TPSA) is 17.8 Å². The molecule has 0 N–H and O–H groups in total. The van der Waals surface area contributed by atoms with Crippen molar-refractivity contribution in [2.24, 2.45) is 0 Å². The summed E-state index contributed by atoms with van der Waals surface area (Å²) in [5.74, 6) is 0.942. The number of para-hydroxylation sites is 2. The van der Waals surface area contributed by atoms with E-state index in [1.54, 1.807) is 0 Å². The fraction of sp³-hybridized carbons (Fsp3) is 0.0192. The van der Waals surface area contributed by atoms with Crippen LogP contribution in [0.15, 0.2) is 194 Å². The third-order valence-corrected chi connectivity index (χ3v) is 12.0. The smallest absolute Gasteiger partial charge is 0.145 e. The quantitative estimate of drug-likeness (QED) is 0.181. The molecule has 0 bridgehead atoms. The molecule has 2 aliphatic rings. The second-order valence-corrected chi connectivity index (χ2v) is 14.7. The van der Waals surface area contributed by atoms with Crippen LogP contribution >= 0.6 is 0 Å². The summed E-state index contributed by atoms with van der Waals surface area (Å²) in [5.41, 5.74) is 17.0. The molecule has 0 radical (unpaired) electrons. The highest BCUT2D eigenvalue weighted by molar-refractivity contribution is 6.08. The Kier molecular flexibility index (Phi) is 6.01. The summed E-state index contributed by atoms with van der Waals surface area (Å²) < 4.78 is 2.29. The first-order chi connectivity index (χ1) is 26.8. The zero-order chi connectivity index (χ0) is 35.4. The minimum Gasteiger partial charge on any atom is -0.292 e. The van der Waals surface area contributed by atoms with Crippen LogP contribution in [0.4, 0.5) is 0 Å². The van der Waals surface area contributed by atoms with Gasteiger partial charge in [-0.2, -0.15) is 0 Å². The van der Waals surface area contributed by atoms with Crippen LogP contribution in [-0.4, -0.2) is 9.55 Å². The van der Waals surface area contributed by atoms with Crippen LogP contribution in [0, 0.1) is 0 Å². The van der Waals surface area contributed by atoms with Gasteiger partial charge in [-0.05, 0) is 120 Å². The predicted molar refractivity (Wildman–Crippen MR) is 223 cm³/mol. The summed E-state index contributed by atoms with van der Waals surface area (Å²) in [5, 5.41) is 5.07. The van der Waals surface area contributed by atoms with Crippen molar-refractivity contribution in [3.8, 4) is 50.5 Å². The van der Waals surface area contributed by atoms with E-state index in [2.05, 4.69) is 199 Å². The van der Waals surface area contributed by atoms with E-state index in [-0.39, 0.29) is 0 Å². The number of aromatic nitrogens is 2. The van der Waals surface area contributed by atoms with E-state index < -0.39 is 5.41 Å². The molecule has 0 atom stereocenters. The van der Waals surface area contributed by atoms with Crippen molar-refractivity contribution in [2.75, 3.05) is 0 Å². The summed E-state index contributed by atoms with van der Waals surface area (Å²) in [7, 11) is 0. The zero-order valence-electron chi connectivity index (χ0n) is 29.4. The first-order valence-electron chi connectivity index (χ1n) is 18.7. The summed E-state index contributed by atoms with van der Waals surface area (Å²) in [6.07, 6.45) is 0. The molecule has 2 nitrogen and oxygen atoms in total. The van der Waals surface area contributed by atoms with Gasteiger partial charge in [-0.1, -0.05) is 152 Å². The van der Waals surface area contributed by atoms with Gasteiger partial charge < -0.3 is 0 Å². The van der Waals surface area contributed by atoms with Crippen LogP contribution < -0.4 is 0 Å². The molecule has 12 rings (SSSR count). The van der Waals surface area contributed by atoms with E-state index >= 15 is 0 Å². The lowest BCUT2D eigenvalue weighted by molar-refractivity contribution is 0.795. The van der Waals surface area contributed by atoms with Gasteiger partial charge in [0.15, 0.2) is 0 Å². The third-order valence-electron chi connectivity index (χ3n) is 12.0. The number of hydrogen-bond donors (Lipinski definition) is 0. The Morgan fingerprint density at radius 3 is 1.93 bits per heavy atom. The Morgan fingerprint density at radius 1 is 0.389 bits per heavy atom. The lowest BCUT2D eigenvalue weighted by Crippen LogP contribution is -2.25. The first kappa shape index (κ1) is 29.5. The molecule has 1 heterocycles. The Hall–Kier alpha value is -7.03. The van der Waals surface area contributed by atoms with Crippen molar-refractivity contribution >= 4 is 32.6 Å². The van der Waals surface area contributed by atoms with Crippen molar-refractivity contribution < 1.29 is 0 Å². The van der Waals surface area contributed by atoms with Crippen LogP contribution in [0.5, 0.6) is 0 Å². The summed E-state index contributed by atoms with van der Waals surface area (Å²) in [6, 6.07) is 71.5. The molecule has 1 spiro atoms. The standard InChI is InChI=1S/C52H32N2/c1-2-14-34(15-3-1)51-53-48-23-10-11-24-49(48)54(51)39-17-12-16-35(30-39)36-25-26-37-31-43-47(32-38(37)29-36)52(46-28-27-33-13-4-5-18-40(33)50(43)46)44-21-8-6-19-41(44)42-20-7-9-22-45(42)52/h1-32H. The molecule has 0 saturated heterocycles. The highest BCUT2D eigenvalue weighted by Gasteiger charge is 2.52. The summed E-state index contributed by atoms with van der Waals surface area (Å²) in [6.45, 7) is 0. The lowest BCUT2D eigenvalue weighted by Gasteiger charge is -2.30. The number of imidazole rings is 1. The Bertz CT molecular complexity index is 3120. The maximum Gasteiger partial charge on any atom is 0.145 e. The summed E-state index contributed by atoms with van der Waals surface area (Å²) in [4.78, 5) is 5.10. The van der Waals surface area contributed by atoms with E-state index in [0.29, 0.717) is 0 Å². The van der Waals surface area contributed by atoms with Crippen molar-refractivity contribution in [2.45, 2.75) is 5.41 Å². The Labute approximate surface area is 313 Å². The van der Waals surface area contributed by atoms with Gasteiger partial charge in [-0.15, -0.1) is 0 Å². The average molecular weight is 685 g/mol. The fourth-order valence-electron chi connectivity index (χ4n) is 9.72. The molecule has 0 unspecified atom stereocenters. The van der Waals surface area contributed by atoms with Crippen LogP contribution in [-0.2, 0) is 5.41 Å². The van der Waals surface area contributed by atoms with Gasteiger partial charge in [0.05, 0.1) is 16.4 Å². The Balaban J connectivity index is 1.08. The number of nitrogens with zero attached hydrogens (tertiary/aromatic N) is 2. The molecule has 0 aliphatic heterocycles. The molecule has 9 aromatic carbocycles. The second-order valence-electron chi connectivity index (χ2n) is 14.7. The van der Waals surface area contributed by atoms with Gasteiger partial charge in [-0.25, -0.2) is 4.98 Å². The molecule has 2 heteroatoms. The van der Waals surface area contributed by atoms with Crippen molar-refractivity contribution in [1.29, 1.82) is 0 Å². The number of benzene rings is 9. The molecule has 0 fully saturated rings. The van der Waals surface area contributed by atoms with Crippen molar-refractivity contribution in [1.82, 2.24) is 9.55 Å². The molecular formula is C52H32N2. The molecular weight excluding hydrogens is 653 g/mol. The van der Waals surface area contributed by atoms with Crippen LogP contribution in [0.3, 0.4) is 0 Å². The third kappa shape index (κ3) is 3.92. The molecule has 10 aromatic rings. The highest BCUT2D eigenvalue weighted by atomic mass is 15.1. The molecule has 54 heavy (non-hydrogen) atoms. The second kappa shape index (κ2) is 11.0. The van der Waals surface area contributed by atoms with E-state index in [4.69, 9.17) is 4.98 Å². The first-order valence-corrected chi connectivity index (χ1v) is 18.7. The van der Waals surface area contributed by atoms with Gasteiger partial charge in [0.1, 0.15) is 5.82 Å². The SMILES string of the molecule is c1ccc(-c2nc3ccccc3n2-c2cccc(-c3ccc4cc5c(cc4c3)C3(c4ccccc4-c4ccccc43)c3ccc4ccccc4c3-5)c2)cc1. The minimum absolute atomic E-state index is 0.400. The highest BCUT2D eigenvalue weighted by Crippen LogP contribution is 2.64.